The molecule has 2 aliphatic rings. The summed E-state index contributed by atoms with van der Waals surface area (Å²) in [6, 6.07) is 0. The third kappa shape index (κ3) is 12.3. The summed E-state index contributed by atoms with van der Waals surface area (Å²) < 4.78 is 0. The van der Waals surface area contributed by atoms with Gasteiger partial charge in [0.25, 0.3) is 0 Å². The fraction of sp³-hybridized carbons (Fsp3) is 1.00. The predicted octanol–water partition coefficient (Wildman–Crippen LogP) is 0.211. The number of nitrogens with one attached hydrogen (secondary N) is 5. The van der Waals surface area contributed by atoms with Crippen LogP contribution in [-0.2, 0) is 0 Å². The molecule has 7 heteroatoms. The highest BCUT2D eigenvalue weighted by molar-refractivity contribution is 4.66. The average molecular weight is 398 g/mol. The fourth-order valence-corrected chi connectivity index (χ4v) is 3.98. The summed E-state index contributed by atoms with van der Waals surface area (Å²) in [5, 5.41) is 23.1. The van der Waals surface area contributed by atoms with E-state index in [9.17, 15) is 0 Å². The standard InChI is InChI=1S/C21H47N7/c1-2-4-8-22-11-14-25-16-20-27(18-6-3-1)28-19-7-5-9-23-10-12-24-13-15-26-17-21-28/h22-26H,1-21H2. The lowest BCUT2D eigenvalue weighted by Crippen LogP contribution is -2.49. The van der Waals surface area contributed by atoms with Crippen molar-refractivity contribution in [3.63, 3.8) is 0 Å². The van der Waals surface area contributed by atoms with Gasteiger partial charge in [0.05, 0.1) is 0 Å². The number of nitrogens with zero attached hydrogens (tertiary/aromatic N) is 2. The first-order chi connectivity index (χ1) is 14.0. The Labute approximate surface area is 173 Å². The van der Waals surface area contributed by atoms with Crippen molar-refractivity contribution in [2.75, 3.05) is 91.6 Å². The van der Waals surface area contributed by atoms with Crippen LogP contribution in [0.1, 0.15) is 44.9 Å². The first-order valence-electron chi connectivity index (χ1n) is 12.0. The van der Waals surface area contributed by atoms with E-state index in [0.717, 1.165) is 72.0 Å². The van der Waals surface area contributed by atoms with E-state index < -0.39 is 0 Å². The van der Waals surface area contributed by atoms with Gasteiger partial charge >= 0.3 is 0 Å². The van der Waals surface area contributed by atoms with Crippen molar-refractivity contribution in [3.8, 4) is 0 Å². The number of rotatable bonds is 1. The van der Waals surface area contributed by atoms with Crippen molar-refractivity contribution in [1.29, 1.82) is 0 Å². The highest BCUT2D eigenvalue weighted by Gasteiger charge is 2.15. The molecular weight excluding hydrogens is 350 g/mol. The molecule has 28 heavy (non-hydrogen) atoms. The molecular formula is C21H47N7. The second kappa shape index (κ2) is 17.6. The van der Waals surface area contributed by atoms with Crippen molar-refractivity contribution in [3.05, 3.63) is 0 Å². The summed E-state index contributed by atoms with van der Waals surface area (Å²) in [6.07, 6.45) is 9.30. The highest BCUT2D eigenvalue weighted by atomic mass is 15.6. The first kappa shape index (κ1) is 24.0. The van der Waals surface area contributed by atoms with Crippen molar-refractivity contribution >= 4 is 0 Å². The maximum absolute atomic E-state index is 3.63. The molecule has 0 aromatic heterocycles. The molecule has 0 unspecified atom stereocenters. The molecule has 7 nitrogen and oxygen atoms in total. The molecule has 0 aromatic carbocycles. The summed E-state index contributed by atoms with van der Waals surface area (Å²) in [5.74, 6) is 0. The number of hydrogen-bond acceptors (Lipinski definition) is 7. The van der Waals surface area contributed by atoms with Gasteiger partial charge in [0.15, 0.2) is 0 Å². The zero-order valence-corrected chi connectivity index (χ0v) is 18.2. The number of hydrazine groups is 1. The molecule has 0 spiro atoms. The summed E-state index contributed by atoms with van der Waals surface area (Å²) >= 11 is 0. The predicted molar refractivity (Wildman–Crippen MR) is 120 cm³/mol. The molecule has 0 radical (unpaired) electrons. The maximum Gasteiger partial charge on any atom is 0.0258 e. The lowest BCUT2D eigenvalue weighted by Gasteiger charge is -2.36. The SMILES string of the molecule is C1CCCNCCNCCN(N2CCCCNCCNCCNCC2)CCC1. The van der Waals surface area contributed by atoms with Gasteiger partial charge in [-0.3, -0.25) is 0 Å². The van der Waals surface area contributed by atoms with Crippen LogP contribution in [0.25, 0.3) is 0 Å². The molecule has 0 atom stereocenters. The van der Waals surface area contributed by atoms with Gasteiger partial charge in [-0.15, -0.1) is 0 Å². The van der Waals surface area contributed by atoms with E-state index in [1.165, 1.54) is 64.6 Å². The quantitative estimate of drug-likeness (QED) is 0.433. The van der Waals surface area contributed by atoms with E-state index in [-0.39, 0.29) is 0 Å². The summed E-state index contributed by atoms with van der Waals surface area (Å²) in [6.45, 7) is 15.6. The Kier molecular flexibility index (Phi) is 15.1. The van der Waals surface area contributed by atoms with E-state index in [2.05, 4.69) is 36.6 Å². The van der Waals surface area contributed by atoms with Gasteiger partial charge < -0.3 is 26.6 Å². The molecule has 2 rings (SSSR count). The summed E-state index contributed by atoms with van der Waals surface area (Å²) in [4.78, 5) is 0. The minimum atomic E-state index is 1.06. The Morgan fingerprint density at radius 2 is 0.643 bits per heavy atom. The molecule has 0 aromatic rings. The first-order valence-corrected chi connectivity index (χ1v) is 12.0. The van der Waals surface area contributed by atoms with Crippen molar-refractivity contribution < 1.29 is 0 Å². The van der Waals surface area contributed by atoms with E-state index in [4.69, 9.17) is 0 Å². The molecule has 2 aliphatic heterocycles. The van der Waals surface area contributed by atoms with Gasteiger partial charge in [-0.1, -0.05) is 19.3 Å². The van der Waals surface area contributed by atoms with E-state index in [1.807, 2.05) is 0 Å². The molecule has 0 aliphatic carbocycles. The van der Waals surface area contributed by atoms with Crippen LogP contribution in [0.3, 0.4) is 0 Å². The van der Waals surface area contributed by atoms with Crippen LogP contribution >= 0.6 is 0 Å². The summed E-state index contributed by atoms with van der Waals surface area (Å²) in [7, 11) is 0. The fourth-order valence-electron chi connectivity index (χ4n) is 3.98. The second-order valence-corrected chi connectivity index (χ2v) is 8.13. The normalized spacial score (nSPS) is 26.1. The Morgan fingerprint density at radius 1 is 0.286 bits per heavy atom. The Bertz CT molecular complexity index is 283. The smallest absolute Gasteiger partial charge is 0.0258 e. The maximum atomic E-state index is 3.63. The third-order valence-electron chi connectivity index (χ3n) is 5.72. The third-order valence-corrected chi connectivity index (χ3v) is 5.72. The molecule has 0 amide bonds. The van der Waals surface area contributed by atoms with Crippen LogP contribution in [-0.4, -0.2) is 102 Å². The van der Waals surface area contributed by atoms with Crippen LogP contribution in [0.15, 0.2) is 0 Å². The van der Waals surface area contributed by atoms with Crippen molar-refractivity contribution in [1.82, 2.24) is 36.6 Å². The summed E-state index contributed by atoms with van der Waals surface area (Å²) in [5.41, 5.74) is 0. The minimum Gasteiger partial charge on any atom is -0.315 e. The van der Waals surface area contributed by atoms with Crippen LogP contribution in [0.2, 0.25) is 0 Å². The molecule has 5 N–H and O–H groups in total. The van der Waals surface area contributed by atoms with Gasteiger partial charge in [-0.2, -0.15) is 0 Å². The van der Waals surface area contributed by atoms with Gasteiger partial charge in [-0.25, -0.2) is 10.0 Å². The topological polar surface area (TPSA) is 66.6 Å². The van der Waals surface area contributed by atoms with Crippen LogP contribution in [0.5, 0.6) is 0 Å². The monoisotopic (exact) mass is 397 g/mol. The van der Waals surface area contributed by atoms with Gasteiger partial charge in [0, 0.05) is 78.5 Å². The largest absolute Gasteiger partial charge is 0.315 e. The van der Waals surface area contributed by atoms with Crippen molar-refractivity contribution in [2.45, 2.75) is 44.9 Å². The van der Waals surface area contributed by atoms with E-state index >= 15 is 0 Å². The molecule has 2 fully saturated rings. The molecule has 166 valence electrons. The zero-order chi connectivity index (χ0) is 19.5. The highest BCUT2D eigenvalue weighted by Crippen LogP contribution is 2.08. The Balaban J connectivity index is 1.82. The molecule has 2 heterocycles. The molecule has 0 saturated carbocycles. The lowest BCUT2D eigenvalue weighted by atomic mass is 10.1. The average Bonchev–Trinajstić information content (AvgIpc) is 2.71. The lowest BCUT2D eigenvalue weighted by molar-refractivity contribution is -0.0259. The van der Waals surface area contributed by atoms with E-state index in [0.29, 0.717) is 0 Å². The van der Waals surface area contributed by atoms with Gasteiger partial charge in [0.1, 0.15) is 0 Å². The second-order valence-electron chi connectivity index (χ2n) is 8.13. The van der Waals surface area contributed by atoms with E-state index in [1.54, 1.807) is 0 Å². The van der Waals surface area contributed by atoms with Crippen LogP contribution in [0, 0.1) is 0 Å². The zero-order valence-electron chi connectivity index (χ0n) is 18.2. The Hall–Kier alpha value is -0.280. The Morgan fingerprint density at radius 3 is 1.21 bits per heavy atom. The van der Waals surface area contributed by atoms with Crippen LogP contribution in [0.4, 0.5) is 0 Å². The number of hydrogen-bond donors (Lipinski definition) is 5. The van der Waals surface area contributed by atoms with Gasteiger partial charge in [-0.05, 0) is 38.8 Å². The van der Waals surface area contributed by atoms with Crippen molar-refractivity contribution in [2.24, 2.45) is 0 Å². The van der Waals surface area contributed by atoms with Gasteiger partial charge in [0.2, 0.25) is 0 Å². The van der Waals surface area contributed by atoms with Crippen LogP contribution < -0.4 is 26.6 Å². The molecule has 0 bridgehead atoms. The minimum absolute atomic E-state index is 1.06. The molecule has 2 saturated heterocycles.